The predicted molar refractivity (Wildman–Crippen MR) is 66.5 cm³/mol. The van der Waals surface area contributed by atoms with Gasteiger partial charge >= 0.3 is 0 Å². The molecule has 0 saturated carbocycles. The van der Waals surface area contributed by atoms with Crippen molar-refractivity contribution in [3.63, 3.8) is 0 Å². The molecule has 0 aliphatic heterocycles. The maximum atomic E-state index is 5.88. The van der Waals surface area contributed by atoms with Crippen molar-refractivity contribution in [2.75, 3.05) is 6.61 Å². The molecule has 0 saturated heterocycles. The molecule has 0 amide bonds. The number of hydrogen-bond donors (Lipinski definition) is 1. The first-order chi connectivity index (χ1) is 7.22. The number of allylic oxidation sites excluding steroid dienone is 2. The molecule has 0 spiro atoms. The van der Waals surface area contributed by atoms with Gasteiger partial charge in [-0.15, -0.1) is 6.58 Å². The molecule has 0 aromatic heterocycles. The second-order valence-corrected chi connectivity index (χ2v) is 3.30. The largest absolute Gasteiger partial charge is 0.501 e. The van der Waals surface area contributed by atoms with Crippen LogP contribution in [0, 0.1) is 0 Å². The van der Waals surface area contributed by atoms with Crippen LogP contribution in [0.3, 0.4) is 0 Å². The monoisotopic (exact) mass is 207 g/mol. The first kappa shape index (κ1) is 13.7. The number of nitrogens with two attached hydrogens (primary N) is 1. The van der Waals surface area contributed by atoms with Crippen LogP contribution in [0.1, 0.15) is 19.8 Å². The number of rotatable bonds is 8. The highest BCUT2D eigenvalue weighted by atomic mass is 16.5. The van der Waals surface area contributed by atoms with Gasteiger partial charge in [0.15, 0.2) is 0 Å². The minimum atomic E-state index is 0.0891. The zero-order chi connectivity index (χ0) is 11.5. The molecule has 0 aliphatic rings. The molecule has 1 atom stereocenters. The Kier molecular flexibility index (Phi) is 8.49. The second kappa shape index (κ2) is 9.28. The van der Waals surface area contributed by atoms with Gasteiger partial charge in [-0.2, -0.15) is 0 Å². The zero-order valence-corrected chi connectivity index (χ0v) is 9.49. The Balaban J connectivity index is 3.70. The SMILES string of the molecule is C=C/C=C\OCC/C=C(/C)C(N)CC=C. The molecule has 2 nitrogen and oxygen atoms in total. The summed E-state index contributed by atoms with van der Waals surface area (Å²) in [5, 5.41) is 0. The maximum absolute atomic E-state index is 5.88. The van der Waals surface area contributed by atoms with E-state index in [2.05, 4.69) is 19.2 Å². The van der Waals surface area contributed by atoms with E-state index >= 15 is 0 Å². The molecule has 2 heteroatoms. The lowest BCUT2D eigenvalue weighted by atomic mass is 10.1. The van der Waals surface area contributed by atoms with Crippen molar-refractivity contribution in [2.24, 2.45) is 5.73 Å². The molecule has 0 fully saturated rings. The first-order valence-electron chi connectivity index (χ1n) is 5.14. The molecule has 0 heterocycles. The molecule has 15 heavy (non-hydrogen) atoms. The van der Waals surface area contributed by atoms with E-state index in [9.17, 15) is 0 Å². The lowest BCUT2D eigenvalue weighted by Gasteiger charge is -2.09. The molecule has 0 radical (unpaired) electrons. The third-order valence-corrected chi connectivity index (χ3v) is 2.02. The Morgan fingerprint density at radius 3 is 2.80 bits per heavy atom. The van der Waals surface area contributed by atoms with Crippen LogP contribution in [0.5, 0.6) is 0 Å². The molecule has 0 aromatic carbocycles. The molecule has 84 valence electrons. The Bertz CT molecular complexity index is 241. The summed E-state index contributed by atoms with van der Waals surface area (Å²) < 4.78 is 5.21. The smallest absolute Gasteiger partial charge is 0.0907 e. The minimum Gasteiger partial charge on any atom is -0.501 e. The van der Waals surface area contributed by atoms with Gasteiger partial charge in [0.05, 0.1) is 12.9 Å². The molecular weight excluding hydrogens is 186 g/mol. The van der Waals surface area contributed by atoms with Crippen LogP contribution in [0.4, 0.5) is 0 Å². The predicted octanol–water partition coefficient (Wildman–Crippen LogP) is 2.94. The summed E-state index contributed by atoms with van der Waals surface area (Å²) in [5.41, 5.74) is 7.07. The van der Waals surface area contributed by atoms with Gasteiger partial charge in [0.25, 0.3) is 0 Å². The van der Waals surface area contributed by atoms with Gasteiger partial charge in [-0.05, 0) is 25.8 Å². The second-order valence-electron chi connectivity index (χ2n) is 3.30. The molecular formula is C13H21NO. The van der Waals surface area contributed by atoms with E-state index in [1.807, 2.05) is 13.0 Å². The fourth-order valence-corrected chi connectivity index (χ4v) is 1.05. The Hall–Kier alpha value is -1.28. The third kappa shape index (κ3) is 7.77. The standard InChI is InChI=1S/C13H21NO/c1-4-6-10-15-11-7-9-12(3)13(14)8-5-2/h4-6,9-10,13H,1-2,7-8,11,14H2,3H3/b10-6-,12-9-. The van der Waals surface area contributed by atoms with Crippen LogP contribution in [-0.2, 0) is 4.74 Å². The van der Waals surface area contributed by atoms with Crippen LogP contribution < -0.4 is 5.73 Å². The highest BCUT2D eigenvalue weighted by Gasteiger charge is 2.00. The van der Waals surface area contributed by atoms with Crippen molar-refractivity contribution in [3.8, 4) is 0 Å². The van der Waals surface area contributed by atoms with Crippen molar-refractivity contribution < 1.29 is 4.74 Å². The van der Waals surface area contributed by atoms with Gasteiger partial charge < -0.3 is 10.5 Å². The van der Waals surface area contributed by atoms with Gasteiger partial charge in [-0.1, -0.05) is 30.4 Å². The topological polar surface area (TPSA) is 35.2 Å². The van der Waals surface area contributed by atoms with Crippen molar-refractivity contribution in [2.45, 2.75) is 25.8 Å². The summed E-state index contributed by atoms with van der Waals surface area (Å²) in [7, 11) is 0. The average molecular weight is 207 g/mol. The Morgan fingerprint density at radius 2 is 2.20 bits per heavy atom. The van der Waals surface area contributed by atoms with Crippen molar-refractivity contribution >= 4 is 0 Å². The highest BCUT2D eigenvalue weighted by molar-refractivity contribution is 5.08. The van der Waals surface area contributed by atoms with E-state index in [1.165, 1.54) is 5.57 Å². The number of hydrogen-bond acceptors (Lipinski definition) is 2. The zero-order valence-electron chi connectivity index (χ0n) is 9.49. The molecule has 0 rings (SSSR count). The van der Waals surface area contributed by atoms with Crippen molar-refractivity contribution in [3.05, 3.63) is 49.3 Å². The van der Waals surface area contributed by atoms with Crippen LogP contribution >= 0.6 is 0 Å². The molecule has 2 N–H and O–H groups in total. The van der Waals surface area contributed by atoms with Crippen LogP contribution in [0.15, 0.2) is 49.3 Å². The molecule has 0 bridgehead atoms. The van der Waals surface area contributed by atoms with E-state index < -0.39 is 0 Å². The van der Waals surface area contributed by atoms with Gasteiger partial charge in [-0.3, -0.25) is 0 Å². The van der Waals surface area contributed by atoms with Crippen LogP contribution in [-0.4, -0.2) is 12.6 Å². The van der Waals surface area contributed by atoms with E-state index in [4.69, 9.17) is 10.5 Å². The van der Waals surface area contributed by atoms with Crippen LogP contribution in [0.25, 0.3) is 0 Å². The minimum absolute atomic E-state index is 0.0891. The van der Waals surface area contributed by atoms with E-state index in [0.29, 0.717) is 6.61 Å². The summed E-state index contributed by atoms with van der Waals surface area (Å²) in [4.78, 5) is 0. The summed E-state index contributed by atoms with van der Waals surface area (Å²) >= 11 is 0. The lowest BCUT2D eigenvalue weighted by Crippen LogP contribution is -2.20. The molecule has 0 aliphatic carbocycles. The summed E-state index contributed by atoms with van der Waals surface area (Å²) in [5.74, 6) is 0. The van der Waals surface area contributed by atoms with E-state index in [0.717, 1.165) is 12.8 Å². The fraction of sp³-hybridized carbons (Fsp3) is 0.385. The third-order valence-electron chi connectivity index (χ3n) is 2.02. The summed E-state index contributed by atoms with van der Waals surface area (Å²) in [6, 6.07) is 0.0891. The van der Waals surface area contributed by atoms with Crippen molar-refractivity contribution in [1.29, 1.82) is 0 Å². The van der Waals surface area contributed by atoms with Gasteiger partial charge in [-0.25, -0.2) is 0 Å². The van der Waals surface area contributed by atoms with E-state index in [1.54, 1.807) is 18.4 Å². The maximum Gasteiger partial charge on any atom is 0.0907 e. The van der Waals surface area contributed by atoms with Crippen molar-refractivity contribution in [1.82, 2.24) is 0 Å². The fourth-order valence-electron chi connectivity index (χ4n) is 1.05. The molecule has 0 aromatic rings. The lowest BCUT2D eigenvalue weighted by molar-refractivity contribution is 0.256. The Morgan fingerprint density at radius 1 is 1.47 bits per heavy atom. The average Bonchev–Trinajstić information content (AvgIpc) is 2.23. The molecule has 1 unspecified atom stereocenters. The first-order valence-corrected chi connectivity index (χ1v) is 5.14. The van der Waals surface area contributed by atoms with E-state index in [-0.39, 0.29) is 6.04 Å². The van der Waals surface area contributed by atoms with Gasteiger partial charge in [0, 0.05) is 6.04 Å². The normalized spacial score (nSPS) is 13.9. The van der Waals surface area contributed by atoms with Gasteiger partial charge in [0.2, 0.25) is 0 Å². The summed E-state index contributed by atoms with van der Waals surface area (Å²) in [6.07, 6.45) is 10.7. The Labute approximate surface area is 92.8 Å². The van der Waals surface area contributed by atoms with Crippen LogP contribution in [0.2, 0.25) is 0 Å². The number of ether oxygens (including phenoxy) is 1. The van der Waals surface area contributed by atoms with Gasteiger partial charge in [0.1, 0.15) is 0 Å². The summed E-state index contributed by atoms with van der Waals surface area (Å²) in [6.45, 7) is 9.91. The highest BCUT2D eigenvalue weighted by Crippen LogP contribution is 2.04. The quantitative estimate of drug-likeness (QED) is 0.287.